The van der Waals surface area contributed by atoms with Crippen LogP contribution in [0.15, 0.2) is 12.7 Å². The average Bonchev–Trinajstić information content (AvgIpc) is 2.76. The van der Waals surface area contributed by atoms with E-state index in [-0.39, 0.29) is 11.9 Å². The fourth-order valence-corrected chi connectivity index (χ4v) is 3.05. The maximum absolute atomic E-state index is 11.7. The summed E-state index contributed by atoms with van der Waals surface area (Å²) in [5.41, 5.74) is 0. The Kier molecular flexibility index (Phi) is 5.90. The molecule has 0 spiro atoms. The molecular weight excluding hydrogens is 300 g/mol. The first-order valence-electron chi connectivity index (χ1n) is 7.71. The van der Waals surface area contributed by atoms with Gasteiger partial charge in [-0.3, -0.25) is 9.69 Å². The number of ether oxygens (including phenoxy) is 1. The number of aryl methyl sites for hydroxylation is 1. The van der Waals surface area contributed by atoms with E-state index in [2.05, 4.69) is 16.6 Å². The van der Waals surface area contributed by atoms with E-state index >= 15 is 0 Å². The highest BCUT2D eigenvalue weighted by Crippen LogP contribution is 2.19. The van der Waals surface area contributed by atoms with Crippen LogP contribution in [0.3, 0.4) is 0 Å². The van der Waals surface area contributed by atoms with E-state index in [9.17, 15) is 4.79 Å². The van der Waals surface area contributed by atoms with Gasteiger partial charge in [0.05, 0.1) is 19.2 Å². The summed E-state index contributed by atoms with van der Waals surface area (Å²) in [5, 5.41) is 4.50. The normalized spacial score (nSPS) is 16.6. The Bertz CT molecular complexity index is 585. The number of rotatable bonds is 6. The number of nitrogens with zero attached hydrogens (tertiary/aromatic N) is 4. The van der Waals surface area contributed by atoms with Crippen LogP contribution < -0.4 is 0 Å². The maximum atomic E-state index is 11.7. The number of piperidine rings is 1. The SMILES string of the molecule is C=CCn1c(C)nn(CN2CCC(C(=O)OCC)CC2)c1=S. The smallest absolute Gasteiger partial charge is 0.309 e. The van der Waals surface area contributed by atoms with Crippen LogP contribution in [0.2, 0.25) is 0 Å². The number of aromatic nitrogens is 3. The van der Waals surface area contributed by atoms with Gasteiger partial charge >= 0.3 is 5.97 Å². The van der Waals surface area contributed by atoms with Crippen LogP contribution in [0.5, 0.6) is 0 Å². The van der Waals surface area contributed by atoms with E-state index in [1.54, 1.807) is 0 Å². The first kappa shape index (κ1) is 16.9. The molecule has 0 radical (unpaired) electrons. The van der Waals surface area contributed by atoms with Crippen molar-refractivity contribution in [2.75, 3.05) is 19.7 Å². The van der Waals surface area contributed by atoms with Crippen molar-refractivity contribution in [3.63, 3.8) is 0 Å². The molecule has 0 atom stereocenters. The molecule has 0 aliphatic carbocycles. The third kappa shape index (κ3) is 3.84. The molecule has 22 heavy (non-hydrogen) atoms. The Labute approximate surface area is 136 Å². The molecular formula is C15H24N4O2S. The summed E-state index contributed by atoms with van der Waals surface area (Å²) in [5.74, 6) is 0.861. The molecule has 1 fully saturated rings. The predicted octanol–water partition coefficient (Wildman–Crippen LogP) is 2.14. The quantitative estimate of drug-likeness (QED) is 0.456. The van der Waals surface area contributed by atoms with Crippen molar-refractivity contribution in [3.05, 3.63) is 23.3 Å². The van der Waals surface area contributed by atoms with Crippen LogP contribution >= 0.6 is 12.2 Å². The second-order valence-electron chi connectivity index (χ2n) is 5.51. The first-order chi connectivity index (χ1) is 10.6. The van der Waals surface area contributed by atoms with Crippen molar-refractivity contribution in [1.29, 1.82) is 0 Å². The molecule has 1 aliphatic rings. The Hall–Kier alpha value is -1.47. The lowest BCUT2D eigenvalue weighted by atomic mass is 9.97. The second kappa shape index (κ2) is 7.69. The van der Waals surface area contributed by atoms with Crippen molar-refractivity contribution in [2.24, 2.45) is 5.92 Å². The highest BCUT2D eigenvalue weighted by Gasteiger charge is 2.26. The minimum Gasteiger partial charge on any atom is -0.466 e. The molecule has 0 amide bonds. The van der Waals surface area contributed by atoms with Crippen LogP contribution in [0, 0.1) is 17.6 Å². The first-order valence-corrected chi connectivity index (χ1v) is 8.11. The van der Waals surface area contributed by atoms with E-state index in [1.807, 2.05) is 29.2 Å². The molecule has 122 valence electrons. The number of allylic oxidation sites excluding steroid dienone is 1. The molecule has 7 heteroatoms. The van der Waals surface area contributed by atoms with Gasteiger partial charge in [0.1, 0.15) is 5.82 Å². The third-order valence-electron chi connectivity index (χ3n) is 3.96. The second-order valence-corrected chi connectivity index (χ2v) is 5.88. The summed E-state index contributed by atoms with van der Waals surface area (Å²) >= 11 is 5.46. The van der Waals surface area contributed by atoms with Crippen LogP contribution in [0.25, 0.3) is 0 Å². The number of hydrogen-bond acceptors (Lipinski definition) is 5. The minimum absolute atomic E-state index is 0.0317. The maximum Gasteiger partial charge on any atom is 0.309 e. The highest BCUT2D eigenvalue weighted by atomic mass is 32.1. The lowest BCUT2D eigenvalue weighted by Crippen LogP contribution is -2.38. The lowest BCUT2D eigenvalue weighted by molar-refractivity contribution is -0.149. The molecule has 1 aromatic rings. The molecule has 2 heterocycles. The zero-order valence-corrected chi connectivity index (χ0v) is 14.1. The summed E-state index contributed by atoms with van der Waals surface area (Å²) in [6.07, 6.45) is 3.48. The van der Waals surface area contributed by atoms with Gasteiger partial charge < -0.3 is 9.30 Å². The van der Waals surface area contributed by atoms with Crippen molar-refractivity contribution >= 4 is 18.2 Å². The zero-order chi connectivity index (χ0) is 16.1. The average molecular weight is 324 g/mol. The fourth-order valence-electron chi connectivity index (χ4n) is 2.74. The Balaban J connectivity index is 1.94. The van der Waals surface area contributed by atoms with Crippen molar-refractivity contribution in [2.45, 2.75) is 39.9 Å². The highest BCUT2D eigenvalue weighted by molar-refractivity contribution is 7.71. The van der Waals surface area contributed by atoms with Crippen LogP contribution in [-0.2, 0) is 22.7 Å². The van der Waals surface area contributed by atoms with Gasteiger partial charge in [-0.15, -0.1) is 6.58 Å². The molecule has 1 saturated heterocycles. The van der Waals surface area contributed by atoms with E-state index in [1.165, 1.54) is 0 Å². The lowest BCUT2D eigenvalue weighted by Gasteiger charge is -2.30. The summed E-state index contributed by atoms with van der Waals surface area (Å²) in [6.45, 7) is 11.1. The largest absolute Gasteiger partial charge is 0.466 e. The van der Waals surface area contributed by atoms with Gasteiger partial charge in [-0.1, -0.05) is 6.08 Å². The number of esters is 1. The van der Waals surface area contributed by atoms with Crippen molar-refractivity contribution < 1.29 is 9.53 Å². The van der Waals surface area contributed by atoms with E-state index in [4.69, 9.17) is 17.0 Å². The Morgan fingerprint density at radius 2 is 2.18 bits per heavy atom. The van der Waals surface area contributed by atoms with Gasteiger partial charge in [0.2, 0.25) is 0 Å². The number of hydrogen-bond donors (Lipinski definition) is 0. The predicted molar refractivity (Wildman–Crippen MR) is 86.9 cm³/mol. The number of carbonyl (C=O) groups is 1. The van der Waals surface area contributed by atoms with Gasteiger partial charge in [0, 0.05) is 19.6 Å². The zero-order valence-electron chi connectivity index (χ0n) is 13.3. The fraction of sp³-hybridized carbons (Fsp3) is 0.667. The summed E-state index contributed by atoms with van der Waals surface area (Å²) in [6, 6.07) is 0. The van der Waals surface area contributed by atoms with E-state index in [0.717, 1.165) is 31.8 Å². The molecule has 0 aromatic carbocycles. The minimum atomic E-state index is -0.0649. The topological polar surface area (TPSA) is 52.3 Å². The number of likely N-dealkylation sites (tertiary alicyclic amines) is 1. The van der Waals surface area contributed by atoms with E-state index < -0.39 is 0 Å². The van der Waals surface area contributed by atoms with Gasteiger partial charge in [-0.25, -0.2) is 4.68 Å². The van der Waals surface area contributed by atoms with Gasteiger partial charge in [0.15, 0.2) is 4.77 Å². The molecule has 0 N–H and O–H groups in total. The standard InChI is InChI=1S/C15H24N4O2S/c1-4-8-18-12(3)16-19(15(18)22)11-17-9-6-13(7-10-17)14(20)21-5-2/h4,13H,1,5-11H2,2-3H3. The Morgan fingerprint density at radius 1 is 1.50 bits per heavy atom. The molecule has 0 saturated carbocycles. The van der Waals surface area contributed by atoms with Crippen molar-refractivity contribution in [1.82, 2.24) is 19.2 Å². The summed E-state index contributed by atoms with van der Waals surface area (Å²) in [7, 11) is 0. The van der Waals surface area contributed by atoms with Gasteiger partial charge in [-0.2, -0.15) is 5.10 Å². The third-order valence-corrected chi connectivity index (χ3v) is 4.39. The molecule has 2 rings (SSSR count). The van der Waals surface area contributed by atoms with Crippen molar-refractivity contribution in [3.8, 4) is 0 Å². The summed E-state index contributed by atoms with van der Waals surface area (Å²) < 4.78 is 9.62. The molecule has 0 bridgehead atoms. The van der Waals surface area contributed by atoms with Gasteiger partial charge in [-0.05, 0) is 38.9 Å². The molecule has 1 aliphatic heterocycles. The van der Waals surface area contributed by atoms with Crippen LogP contribution in [-0.4, -0.2) is 44.9 Å². The van der Waals surface area contributed by atoms with Gasteiger partial charge in [0.25, 0.3) is 0 Å². The summed E-state index contributed by atoms with van der Waals surface area (Å²) in [4.78, 5) is 14.0. The Morgan fingerprint density at radius 3 is 2.77 bits per heavy atom. The van der Waals surface area contributed by atoms with Crippen LogP contribution in [0.1, 0.15) is 25.6 Å². The van der Waals surface area contributed by atoms with Crippen LogP contribution in [0.4, 0.5) is 0 Å². The number of carbonyl (C=O) groups excluding carboxylic acids is 1. The molecule has 6 nitrogen and oxygen atoms in total. The monoisotopic (exact) mass is 324 g/mol. The molecule has 0 unspecified atom stereocenters. The molecule has 1 aromatic heterocycles. The van der Waals surface area contributed by atoms with E-state index in [0.29, 0.717) is 24.6 Å².